The molecule has 2 unspecified atom stereocenters. The van der Waals surface area contributed by atoms with Gasteiger partial charge in [0.25, 0.3) is 0 Å². The van der Waals surface area contributed by atoms with Crippen LogP contribution in [0.25, 0.3) is 4.96 Å². The van der Waals surface area contributed by atoms with Gasteiger partial charge in [0.15, 0.2) is 4.96 Å². The molecule has 1 saturated carbocycles. The number of aromatic nitrogens is 2. The lowest BCUT2D eigenvalue weighted by molar-refractivity contribution is 0.0978. The van der Waals surface area contributed by atoms with E-state index in [1.165, 1.54) is 18.5 Å². The number of aryl methyl sites for hydroxylation is 1. The maximum Gasteiger partial charge on any atom is 0.194 e. The molecule has 2 heterocycles. The van der Waals surface area contributed by atoms with Gasteiger partial charge in [0.1, 0.15) is 0 Å². The van der Waals surface area contributed by atoms with Crippen molar-refractivity contribution in [3.05, 3.63) is 23.0 Å². The normalized spacial score (nSPS) is 27.2. The van der Waals surface area contributed by atoms with Crippen molar-refractivity contribution in [2.45, 2.75) is 51.6 Å². The number of rotatable bonds is 4. The molecule has 110 valence electrons. The minimum absolute atomic E-state index is 0.107. The van der Waals surface area contributed by atoms with Gasteiger partial charge in [-0.15, -0.1) is 11.3 Å². The van der Waals surface area contributed by atoms with E-state index in [0.717, 1.165) is 30.0 Å². The topological polar surface area (TPSA) is 49.6 Å². The van der Waals surface area contributed by atoms with Crippen LogP contribution in [0.1, 0.15) is 44.0 Å². The summed E-state index contributed by atoms with van der Waals surface area (Å²) in [6.07, 6.45) is 6.69. The molecule has 2 atom stereocenters. The number of thiazole rings is 1. The van der Waals surface area contributed by atoms with Crippen LogP contribution in [0.15, 0.2) is 11.6 Å². The van der Waals surface area contributed by atoms with Crippen LogP contribution in [-0.2, 0) is 6.54 Å². The summed E-state index contributed by atoms with van der Waals surface area (Å²) in [6, 6.07) is 0. The van der Waals surface area contributed by atoms with E-state index in [1.807, 2.05) is 0 Å². The van der Waals surface area contributed by atoms with Crippen LogP contribution in [0.4, 0.5) is 0 Å². The number of hydrogen-bond acceptors (Lipinski definition) is 4. The lowest BCUT2D eigenvalue weighted by Crippen LogP contribution is -2.51. The number of nitrogens with one attached hydrogen (secondary N) is 1. The molecular formula is C15H23N3OS. The van der Waals surface area contributed by atoms with Crippen molar-refractivity contribution in [2.24, 2.45) is 5.92 Å². The zero-order valence-corrected chi connectivity index (χ0v) is 13.0. The van der Waals surface area contributed by atoms with Gasteiger partial charge in [-0.1, -0.05) is 19.8 Å². The number of aliphatic hydroxyl groups excluding tert-OH is 1. The summed E-state index contributed by atoms with van der Waals surface area (Å²) < 4.78 is 2.16. The third-order valence-corrected chi connectivity index (χ3v) is 5.34. The van der Waals surface area contributed by atoms with Crippen LogP contribution in [-0.4, -0.2) is 26.6 Å². The zero-order valence-electron chi connectivity index (χ0n) is 12.2. The van der Waals surface area contributed by atoms with Crippen molar-refractivity contribution in [1.29, 1.82) is 0 Å². The molecule has 0 spiro atoms. The lowest BCUT2D eigenvalue weighted by Gasteiger charge is -2.39. The molecule has 20 heavy (non-hydrogen) atoms. The van der Waals surface area contributed by atoms with E-state index in [-0.39, 0.29) is 12.1 Å². The third kappa shape index (κ3) is 2.50. The van der Waals surface area contributed by atoms with Gasteiger partial charge in [0.2, 0.25) is 0 Å². The van der Waals surface area contributed by atoms with E-state index in [1.54, 1.807) is 11.3 Å². The van der Waals surface area contributed by atoms with E-state index < -0.39 is 0 Å². The first-order valence-corrected chi connectivity index (χ1v) is 8.28. The summed E-state index contributed by atoms with van der Waals surface area (Å²) in [5.41, 5.74) is 2.19. The highest BCUT2D eigenvalue weighted by atomic mass is 32.1. The lowest BCUT2D eigenvalue weighted by atomic mass is 9.77. The Morgan fingerprint density at radius 3 is 3.20 bits per heavy atom. The Labute approximate surface area is 123 Å². The van der Waals surface area contributed by atoms with Gasteiger partial charge < -0.3 is 10.4 Å². The molecule has 1 aliphatic rings. The van der Waals surface area contributed by atoms with Crippen LogP contribution in [0.5, 0.6) is 0 Å². The number of imidazole rings is 1. The molecule has 2 N–H and O–H groups in total. The fourth-order valence-corrected chi connectivity index (χ4v) is 4.22. The molecule has 0 aliphatic heterocycles. The van der Waals surface area contributed by atoms with E-state index in [2.05, 4.69) is 40.1 Å². The molecule has 0 radical (unpaired) electrons. The van der Waals surface area contributed by atoms with E-state index in [9.17, 15) is 5.11 Å². The smallest absolute Gasteiger partial charge is 0.194 e. The van der Waals surface area contributed by atoms with Gasteiger partial charge in [0.05, 0.1) is 18.0 Å². The van der Waals surface area contributed by atoms with Crippen LogP contribution >= 0.6 is 11.3 Å². The van der Waals surface area contributed by atoms with Crippen LogP contribution in [0, 0.1) is 12.8 Å². The second-order valence-corrected chi connectivity index (χ2v) is 7.07. The summed E-state index contributed by atoms with van der Waals surface area (Å²) in [5.74, 6) is 0.691. The molecule has 4 nitrogen and oxygen atoms in total. The van der Waals surface area contributed by atoms with Crippen LogP contribution in [0.2, 0.25) is 0 Å². The quantitative estimate of drug-likeness (QED) is 0.911. The predicted octanol–water partition coefficient (Wildman–Crippen LogP) is 2.74. The summed E-state index contributed by atoms with van der Waals surface area (Å²) in [5, 5.41) is 15.5. The van der Waals surface area contributed by atoms with E-state index >= 15 is 0 Å². The SMILES string of the molecule is Cc1nc2sccn2c1CNC1(CO)CCCC(C)C1. The molecule has 0 aromatic carbocycles. The number of nitrogens with zero attached hydrogens (tertiary/aromatic N) is 2. The Kier molecular flexibility index (Phi) is 3.84. The van der Waals surface area contributed by atoms with Gasteiger partial charge in [-0.25, -0.2) is 4.98 Å². The second kappa shape index (κ2) is 5.47. The standard InChI is InChI=1S/C15H23N3OS/c1-11-4-3-5-15(8-11,10-19)16-9-13-12(2)17-14-18(13)6-7-20-14/h6-7,11,16,19H,3-5,8-10H2,1-2H3. The van der Waals surface area contributed by atoms with E-state index in [0.29, 0.717) is 5.92 Å². The molecule has 1 fully saturated rings. The third-order valence-electron chi connectivity index (χ3n) is 4.59. The number of fused-ring (bicyclic) bond motifs is 1. The fourth-order valence-electron chi connectivity index (χ4n) is 3.45. The van der Waals surface area contributed by atoms with Gasteiger partial charge in [0, 0.05) is 23.7 Å². The maximum atomic E-state index is 9.85. The Morgan fingerprint density at radius 1 is 1.60 bits per heavy atom. The van der Waals surface area contributed by atoms with Crippen LogP contribution < -0.4 is 5.32 Å². The van der Waals surface area contributed by atoms with Crippen molar-refractivity contribution >= 4 is 16.3 Å². The number of aliphatic hydroxyl groups is 1. The minimum atomic E-state index is -0.107. The number of hydrogen-bond donors (Lipinski definition) is 2. The van der Waals surface area contributed by atoms with Crippen molar-refractivity contribution in [3.8, 4) is 0 Å². The van der Waals surface area contributed by atoms with Crippen molar-refractivity contribution in [2.75, 3.05) is 6.61 Å². The summed E-state index contributed by atoms with van der Waals surface area (Å²) in [7, 11) is 0. The molecule has 2 aromatic rings. The minimum Gasteiger partial charge on any atom is -0.394 e. The first-order valence-electron chi connectivity index (χ1n) is 7.40. The monoisotopic (exact) mass is 293 g/mol. The van der Waals surface area contributed by atoms with Crippen molar-refractivity contribution in [3.63, 3.8) is 0 Å². The molecule has 3 rings (SSSR count). The Bertz CT molecular complexity index is 591. The molecule has 1 aliphatic carbocycles. The zero-order chi connectivity index (χ0) is 14.2. The summed E-state index contributed by atoms with van der Waals surface area (Å²) in [4.78, 5) is 5.63. The van der Waals surface area contributed by atoms with Crippen LogP contribution in [0.3, 0.4) is 0 Å². The predicted molar refractivity (Wildman–Crippen MR) is 82.1 cm³/mol. The first-order chi connectivity index (χ1) is 9.63. The molecule has 2 aromatic heterocycles. The van der Waals surface area contributed by atoms with Gasteiger partial charge in [-0.3, -0.25) is 4.40 Å². The molecule has 0 bridgehead atoms. The fraction of sp³-hybridized carbons (Fsp3) is 0.667. The largest absolute Gasteiger partial charge is 0.394 e. The highest BCUT2D eigenvalue weighted by Crippen LogP contribution is 2.32. The maximum absolute atomic E-state index is 9.85. The van der Waals surface area contributed by atoms with Gasteiger partial charge in [-0.05, 0) is 25.7 Å². The average molecular weight is 293 g/mol. The molecular weight excluding hydrogens is 270 g/mol. The Hall–Kier alpha value is -0.910. The molecule has 5 heteroatoms. The molecule has 0 amide bonds. The Balaban J connectivity index is 1.77. The first kappa shape index (κ1) is 14.0. The van der Waals surface area contributed by atoms with Crippen molar-refractivity contribution in [1.82, 2.24) is 14.7 Å². The van der Waals surface area contributed by atoms with Gasteiger partial charge in [-0.2, -0.15) is 0 Å². The van der Waals surface area contributed by atoms with Gasteiger partial charge >= 0.3 is 0 Å². The highest BCUT2D eigenvalue weighted by Gasteiger charge is 2.34. The summed E-state index contributed by atoms with van der Waals surface area (Å²) >= 11 is 1.66. The summed E-state index contributed by atoms with van der Waals surface area (Å²) in [6.45, 7) is 5.34. The highest BCUT2D eigenvalue weighted by molar-refractivity contribution is 7.15. The second-order valence-electron chi connectivity index (χ2n) is 6.19. The van der Waals surface area contributed by atoms with E-state index in [4.69, 9.17) is 0 Å². The average Bonchev–Trinajstić information content (AvgIpc) is 2.97. The molecule has 0 saturated heterocycles. The Morgan fingerprint density at radius 2 is 2.45 bits per heavy atom. The van der Waals surface area contributed by atoms with Crippen molar-refractivity contribution < 1.29 is 5.11 Å².